The molecule has 0 bridgehead atoms. The first-order valence-corrected chi connectivity index (χ1v) is 10.2. The van der Waals surface area contributed by atoms with Crippen molar-refractivity contribution in [2.24, 2.45) is 0 Å². The van der Waals surface area contributed by atoms with Crippen molar-refractivity contribution in [2.45, 2.75) is 13.0 Å². The minimum atomic E-state index is -0.874. The van der Waals surface area contributed by atoms with Crippen LogP contribution in [-0.2, 0) is 4.79 Å². The molecule has 166 valence electrons. The molecule has 3 aromatic rings. The molecule has 3 aromatic carbocycles. The van der Waals surface area contributed by atoms with Gasteiger partial charge in [-0.05, 0) is 61.5 Å². The normalized spacial score (nSPS) is 11.4. The maximum absolute atomic E-state index is 13.4. The summed E-state index contributed by atoms with van der Waals surface area (Å²) in [5.74, 6) is -0.814. The Morgan fingerprint density at radius 2 is 1.72 bits per heavy atom. The number of hydrogen-bond donors (Lipinski definition) is 2. The molecule has 1 atom stereocenters. The van der Waals surface area contributed by atoms with E-state index in [9.17, 15) is 14.0 Å². The van der Waals surface area contributed by atoms with Gasteiger partial charge in [0.15, 0.2) is 6.10 Å². The van der Waals surface area contributed by atoms with Gasteiger partial charge in [-0.15, -0.1) is 0 Å². The summed E-state index contributed by atoms with van der Waals surface area (Å²) in [6.45, 7) is 1.57. The zero-order valence-electron chi connectivity index (χ0n) is 17.1. The second-order valence-corrected chi connectivity index (χ2v) is 7.55. The standard InChI is InChI=1S/C23H19Cl2FN2O4/c1-13(32-20-8-6-15(24)11-18(20)25)22(29)27-17-7-9-21(31-2)19(12-17)28-23(30)14-4-3-5-16(26)10-14/h3-13H,1-2H3,(H,27,29)(H,28,30). The third-order valence-electron chi connectivity index (χ3n) is 4.37. The molecule has 0 radical (unpaired) electrons. The average molecular weight is 477 g/mol. The third kappa shape index (κ3) is 5.90. The first-order chi connectivity index (χ1) is 15.3. The second kappa shape index (κ2) is 10.3. The lowest BCUT2D eigenvalue weighted by Crippen LogP contribution is -2.30. The molecule has 0 saturated carbocycles. The number of halogens is 3. The van der Waals surface area contributed by atoms with Crippen molar-refractivity contribution in [1.82, 2.24) is 0 Å². The number of benzene rings is 3. The highest BCUT2D eigenvalue weighted by Gasteiger charge is 2.18. The number of hydrogen-bond acceptors (Lipinski definition) is 4. The number of nitrogens with one attached hydrogen (secondary N) is 2. The predicted molar refractivity (Wildman–Crippen MR) is 123 cm³/mol. The minimum Gasteiger partial charge on any atom is -0.495 e. The highest BCUT2D eigenvalue weighted by molar-refractivity contribution is 6.35. The Kier molecular flexibility index (Phi) is 7.56. The van der Waals surface area contributed by atoms with Crippen LogP contribution in [0, 0.1) is 5.82 Å². The highest BCUT2D eigenvalue weighted by Crippen LogP contribution is 2.30. The summed E-state index contributed by atoms with van der Waals surface area (Å²) in [5.41, 5.74) is 0.834. The summed E-state index contributed by atoms with van der Waals surface area (Å²) < 4.78 is 24.3. The molecular formula is C23H19Cl2FN2O4. The average Bonchev–Trinajstić information content (AvgIpc) is 2.75. The van der Waals surface area contributed by atoms with Crippen LogP contribution in [0.4, 0.5) is 15.8 Å². The number of ether oxygens (including phenoxy) is 2. The van der Waals surface area contributed by atoms with Gasteiger partial charge in [0.2, 0.25) is 0 Å². The third-order valence-corrected chi connectivity index (χ3v) is 4.90. The first-order valence-electron chi connectivity index (χ1n) is 9.44. The van der Waals surface area contributed by atoms with Crippen LogP contribution in [0.1, 0.15) is 17.3 Å². The van der Waals surface area contributed by atoms with Crippen molar-refractivity contribution in [3.63, 3.8) is 0 Å². The van der Waals surface area contributed by atoms with Gasteiger partial charge in [0.1, 0.15) is 17.3 Å². The molecular weight excluding hydrogens is 458 g/mol. The van der Waals surface area contributed by atoms with Crippen LogP contribution in [-0.4, -0.2) is 25.0 Å². The number of anilines is 2. The van der Waals surface area contributed by atoms with E-state index < -0.39 is 23.7 Å². The summed E-state index contributed by atoms with van der Waals surface area (Å²) in [6.07, 6.45) is -0.874. The Morgan fingerprint density at radius 3 is 2.41 bits per heavy atom. The zero-order valence-corrected chi connectivity index (χ0v) is 18.6. The Labute approximate surface area is 194 Å². The van der Waals surface area contributed by atoms with Crippen molar-refractivity contribution in [2.75, 3.05) is 17.7 Å². The van der Waals surface area contributed by atoms with Crippen LogP contribution >= 0.6 is 23.2 Å². The van der Waals surface area contributed by atoms with Gasteiger partial charge in [-0.25, -0.2) is 4.39 Å². The molecule has 0 saturated heterocycles. The van der Waals surface area contributed by atoms with Crippen LogP contribution in [0.5, 0.6) is 11.5 Å². The fourth-order valence-electron chi connectivity index (χ4n) is 2.77. The van der Waals surface area contributed by atoms with E-state index >= 15 is 0 Å². The van der Waals surface area contributed by atoms with Crippen molar-refractivity contribution in [3.05, 3.63) is 82.1 Å². The summed E-state index contributed by atoms with van der Waals surface area (Å²) in [4.78, 5) is 25.0. The topological polar surface area (TPSA) is 76.7 Å². The van der Waals surface area contributed by atoms with Crippen molar-refractivity contribution < 1.29 is 23.5 Å². The van der Waals surface area contributed by atoms with Gasteiger partial charge in [0.05, 0.1) is 17.8 Å². The van der Waals surface area contributed by atoms with Gasteiger partial charge in [-0.1, -0.05) is 29.3 Å². The number of amides is 2. The number of carbonyl (C=O) groups is 2. The van der Waals surface area contributed by atoms with E-state index in [0.717, 1.165) is 6.07 Å². The van der Waals surface area contributed by atoms with Crippen LogP contribution in [0.2, 0.25) is 10.0 Å². The quantitative estimate of drug-likeness (QED) is 0.451. The Bertz CT molecular complexity index is 1160. The van der Waals surface area contributed by atoms with E-state index in [-0.39, 0.29) is 10.6 Å². The Morgan fingerprint density at radius 1 is 0.969 bits per heavy atom. The molecule has 2 amide bonds. The SMILES string of the molecule is COc1ccc(NC(=O)C(C)Oc2ccc(Cl)cc2Cl)cc1NC(=O)c1cccc(F)c1. The molecule has 9 heteroatoms. The summed E-state index contributed by atoms with van der Waals surface area (Å²) in [6, 6.07) is 14.7. The van der Waals surface area contributed by atoms with E-state index in [1.165, 1.54) is 37.4 Å². The largest absolute Gasteiger partial charge is 0.495 e. The van der Waals surface area contributed by atoms with Gasteiger partial charge in [-0.2, -0.15) is 0 Å². The van der Waals surface area contributed by atoms with Gasteiger partial charge in [0, 0.05) is 16.3 Å². The van der Waals surface area contributed by atoms with E-state index in [1.807, 2.05) is 0 Å². The molecule has 0 aliphatic rings. The number of carbonyl (C=O) groups excluding carboxylic acids is 2. The lowest BCUT2D eigenvalue weighted by atomic mass is 10.2. The van der Waals surface area contributed by atoms with Gasteiger partial charge >= 0.3 is 0 Å². The lowest BCUT2D eigenvalue weighted by molar-refractivity contribution is -0.122. The van der Waals surface area contributed by atoms with E-state index in [1.54, 1.807) is 31.2 Å². The maximum atomic E-state index is 13.4. The molecule has 6 nitrogen and oxygen atoms in total. The smallest absolute Gasteiger partial charge is 0.265 e. The number of methoxy groups -OCH3 is 1. The first kappa shape index (κ1) is 23.4. The van der Waals surface area contributed by atoms with Crippen LogP contribution in [0.15, 0.2) is 60.7 Å². The molecule has 0 aliphatic heterocycles. The van der Waals surface area contributed by atoms with Crippen molar-refractivity contribution >= 4 is 46.4 Å². The molecule has 0 fully saturated rings. The van der Waals surface area contributed by atoms with E-state index in [0.29, 0.717) is 27.9 Å². The van der Waals surface area contributed by atoms with Crippen molar-refractivity contribution in [3.8, 4) is 11.5 Å². The molecule has 0 spiro atoms. The number of rotatable bonds is 7. The van der Waals surface area contributed by atoms with Crippen LogP contribution in [0.3, 0.4) is 0 Å². The second-order valence-electron chi connectivity index (χ2n) is 6.70. The fourth-order valence-corrected chi connectivity index (χ4v) is 3.22. The van der Waals surface area contributed by atoms with E-state index in [4.69, 9.17) is 32.7 Å². The van der Waals surface area contributed by atoms with Gasteiger partial charge in [-0.3, -0.25) is 9.59 Å². The highest BCUT2D eigenvalue weighted by atomic mass is 35.5. The Hall–Kier alpha value is -3.29. The molecule has 0 aliphatic carbocycles. The molecule has 0 aromatic heterocycles. The summed E-state index contributed by atoms with van der Waals surface area (Å²) >= 11 is 12.0. The van der Waals surface area contributed by atoms with Crippen LogP contribution < -0.4 is 20.1 Å². The van der Waals surface area contributed by atoms with Crippen LogP contribution in [0.25, 0.3) is 0 Å². The fraction of sp³-hybridized carbons (Fsp3) is 0.130. The molecule has 2 N–H and O–H groups in total. The molecule has 0 heterocycles. The van der Waals surface area contributed by atoms with Gasteiger partial charge in [0.25, 0.3) is 11.8 Å². The van der Waals surface area contributed by atoms with Crippen molar-refractivity contribution in [1.29, 1.82) is 0 Å². The Balaban J connectivity index is 1.72. The summed E-state index contributed by atoms with van der Waals surface area (Å²) in [5, 5.41) is 6.09. The maximum Gasteiger partial charge on any atom is 0.265 e. The van der Waals surface area contributed by atoms with E-state index in [2.05, 4.69) is 10.6 Å². The molecule has 3 rings (SSSR count). The molecule has 1 unspecified atom stereocenters. The molecule has 32 heavy (non-hydrogen) atoms. The van der Waals surface area contributed by atoms with Gasteiger partial charge < -0.3 is 20.1 Å². The monoisotopic (exact) mass is 476 g/mol. The summed E-state index contributed by atoms with van der Waals surface area (Å²) in [7, 11) is 1.44. The minimum absolute atomic E-state index is 0.142. The predicted octanol–water partition coefficient (Wildman–Crippen LogP) is 5.80. The zero-order chi connectivity index (χ0) is 23.3. The lowest BCUT2D eigenvalue weighted by Gasteiger charge is -2.17.